The first-order valence-electron chi connectivity index (χ1n) is 13.7. The van der Waals surface area contributed by atoms with E-state index >= 15 is 0 Å². The van der Waals surface area contributed by atoms with Crippen molar-refractivity contribution in [3.63, 3.8) is 0 Å². The van der Waals surface area contributed by atoms with Crippen molar-refractivity contribution in [1.29, 1.82) is 0 Å². The number of amides is 2. The number of rotatable bonds is 10. The topological polar surface area (TPSA) is 122 Å². The Morgan fingerprint density at radius 1 is 1.05 bits per heavy atom. The van der Waals surface area contributed by atoms with E-state index in [1.165, 1.54) is 0 Å². The molecule has 1 unspecified atom stereocenters. The largest absolute Gasteiger partial charge is 0.359 e. The average Bonchev–Trinajstić information content (AvgIpc) is 3.59. The standard InChI is InChI=1S/C30H38N4O5S/c1-19(2)27(29(35)31-5)34(30(36)24-10-6-7-11-24)18-22-14-16-23(17-15-22)25-12-8-9-13-26(25)40(37,38)33-28-20(3)21(4)39-32-28/h8-9,12-17,19,24,27H,6-7,10-11,18H2,1-5H3,(H,31,35)(H,32,33). The fourth-order valence-electron chi connectivity index (χ4n) is 5.29. The van der Waals surface area contributed by atoms with Crippen molar-refractivity contribution in [2.75, 3.05) is 11.8 Å². The first-order valence-corrected chi connectivity index (χ1v) is 15.2. The van der Waals surface area contributed by atoms with Crippen LogP contribution < -0.4 is 10.0 Å². The van der Waals surface area contributed by atoms with Crippen LogP contribution in [0, 0.1) is 25.7 Å². The van der Waals surface area contributed by atoms with Gasteiger partial charge in [-0.25, -0.2) is 8.42 Å². The van der Waals surface area contributed by atoms with Gasteiger partial charge in [-0.15, -0.1) is 0 Å². The number of likely N-dealkylation sites (N-methyl/N-ethyl adjacent to an activating group) is 1. The van der Waals surface area contributed by atoms with Crippen LogP contribution in [-0.2, 0) is 26.2 Å². The van der Waals surface area contributed by atoms with Crippen molar-refractivity contribution in [3.8, 4) is 11.1 Å². The summed E-state index contributed by atoms with van der Waals surface area (Å²) in [6.07, 6.45) is 3.75. The summed E-state index contributed by atoms with van der Waals surface area (Å²) in [5.41, 5.74) is 2.72. The molecule has 0 saturated heterocycles. The van der Waals surface area contributed by atoms with Crippen molar-refractivity contribution in [1.82, 2.24) is 15.4 Å². The molecule has 1 fully saturated rings. The minimum absolute atomic E-state index is 0.0183. The van der Waals surface area contributed by atoms with Gasteiger partial charge in [0.05, 0.1) is 4.90 Å². The summed E-state index contributed by atoms with van der Waals surface area (Å²) in [7, 11) is -2.36. The number of hydrogen-bond acceptors (Lipinski definition) is 6. The second kappa shape index (κ2) is 12.2. The van der Waals surface area contributed by atoms with E-state index in [0.29, 0.717) is 22.5 Å². The minimum Gasteiger partial charge on any atom is -0.359 e. The maximum atomic E-state index is 13.6. The van der Waals surface area contributed by atoms with Crippen molar-refractivity contribution in [2.24, 2.45) is 11.8 Å². The number of anilines is 1. The van der Waals surface area contributed by atoms with Gasteiger partial charge >= 0.3 is 0 Å². The summed E-state index contributed by atoms with van der Waals surface area (Å²) in [6, 6.07) is 13.6. The highest BCUT2D eigenvalue weighted by Gasteiger charge is 2.36. The maximum absolute atomic E-state index is 13.6. The van der Waals surface area contributed by atoms with E-state index in [4.69, 9.17) is 4.52 Å². The number of nitrogens with zero attached hydrogens (tertiary/aromatic N) is 2. The molecule has 0 spiro atoms. The quantitative estimate of drug-likeness (QED) is 0.354. The second-order valence-corrected chi connectivity index (χ2v) is 12.4. The Hall–Kier alpha value is -3.66. The predicted molar refractivity (Wildman–Crippen MR) is 154 cm³/mol. The summed E-state index contributed by atoms with van der Waals surface area (Å²) in [5, 5.41) is 6.55. The molecule has 0 aliphatic heterocycles. The van der Waals surface area contributed by atoms with E-state index in [9.17, 15) is 18.0 Å². The third-order valence-corrected chi connectivity index (χ3v) is 9.05. The molecule has 2 N–H and O–H groups in total. The van der Waals surface area contributed by atoms with Gasteiger partial charge in [0.2, 0.25) is 11.8 Å². The number of benzene rings is 2. The van der Waals surface area contributed by atoms with E-state index in [2.05, 4.69) is 15.2 Å². The number of hydrogen-bond donors (Lipinski definition) is 2. The summed E-state index contributed by atoms with van der Waals surface area (Å²) in [6.45, 7) is 7.65. The molecule has 1 aromatic heterocycles. The van der Waals surface area contributed by atoms with E-state index in [0.717, 1.165) is 31.2 Å². The van der Waals surface area contributed by atoms with E-state index in [1.807, 2.05) is 38.1 Å². The van der Waals surface area contributed by atoms with Gasteiger partial charge in [0.15, 0.2) is 5.82 Å². The van der Waals surface area contributed by atoms with Crippen molar-refractivity contribution >= 4 is 27.7 Å². The molecule has 10 heteroatoms. The van der Waals surface area contributed by atoms with E-state index < -0.39 is 16.1 Å². The van der Waals surface area contributed by atoms with Crippen LogP contribution >= 0.6 is 0 Å². The Bertz CT molecular complexity index is 1460. The number of nitrogens with one attached hydrogen (secondary N) is 2. The highest BCUT2D eigenvalue weighted by molar-refractivity contribution is 7.92. The first kappa shape index (κ1) is 29.3. The molecule has 1 saturated carbocycles. The lowest BCUT2D eigenvalue weighted by molar-refractivity contribution is -0.145. The number of aryl methyl sites for hydroxylation is 1. The van der Waals surface area contributed by atoms with E-state index in [-0.39, 0.29) is 40.9 Å². The molecule has 9 nitrogen and oxygen atoms in total. The van der Waals surface area contributed by atoms with Crippen LogP contribution in [0.3, 0.4) is 0 Å². The van der Waals surface area contributed by atoms with Crippen molar-refractivity contribution in [3.05, 3.63) is 65.4 Å². The van der Waals surface area contributed by atoms with Crippen LogP contribution in [0.15, 0.2) is 57.9 Å². The Kier molecular flexibility index (Phi) is 8.98. The number of aromatic nitrogens is 1. The molecule has 2 amide bonds. The van der Waals surface area contributed by atoms with Crippen LogP contribution in [0.5, 0.6) is 0 Å². The molecule has 1 aliphatic rings. The van der Waals surface area contributed by atoms with Crippen LogP contribution in [0.4, 0.5) is 5.82 Å². The summed E-state index contributed by atoms with van der Waals surface area (Å²) >= 11 is 0. The van der Waals surface area contributed by atoms with Gasteiger partial charge in [-0.05, 0) is 49.8 Å². The van der Waals surface area contributed by atoms with E-state index in [1.54, 1.807) is 50.1 Å². The molecular weight excluding hydrogens is 528 g/mol. The fraction of sp³-hybridized carbons (Fsp3) is 0.433. The van der Waals surface area contributed by atoms with Crippen LogP contribution in [-0.4, -0.2) is 43.4 Å². The SMILES string of the molecule is CNC(=O)C(C(C)C)N(Cc1ccc(-c2ccccc2S(=O)(=O)Nc2noc(C)c2C)cc1)C(=O)C1CCCC1. The van der Waals surface area contributed by atoms with Gasteiger partial charge in [0, 0.05) is 30.6 Å². The molecule has 1 aliphatic carbocycles. The molecule has 3 aromatic rings. The highest BCUT2D eigenvalue weighted by Crippen LogP contribution is 2.32. The summed E-state index contributed by atoms with van der Waals surface area (Å²) in [5.74, 6) is 0.411. The Balaban J connectivity index is 1.62. The smallest absolute Gasteiger partial charge is 0.263 e. The third-order valence-electron chi connectivity index (χ3n) is 7.65. The van der Waals surface area contributed by atoms with Crippen LogP contribution in [0.25, 0.3) is 11.1 Å². The molecule has 0 bridgehead atoms. The maximum Gasteiger partial charge on any atom is 0.263 e. The van der Waals surface area contributed by atoms with Gasteiger partial charge < -0.3 is 14.7 Å². The molecule has 1 atom stereocenters. The normalized spacial score (nSPS) is 14.8. The number of carbonyl (C=O) groups excluding carboxylic acids is 2. The van der Waals surface area contributed by atoms with Crippen molar-refractivity contribution in [2.45, 2.75) is 70.9 Å². The molecule has 1 heterocycles. The fourth-order valence-corrected chi connectivity index (χ4v) is 6.58. The summed E-state index contributed by atoms with van der Waals surface area (Å²) in [4.78, 5) is 28.3. The molecule has 0 radical (unpaired) electrons. The number of sulfonamides is 1. The molecule has 2 aromatic carbocycles. The van der Waals surface area contributed by atoms with Gasteiger partial charge in [-0.1, -0.05) is 74.3 Å². The van der Waals surface area contributed by atoms with Gasteiger partial charge in [0.25, 0.3) is 10.0 Å². The third kappa shape index (κ3) is 6.22. The highest BCUT2D eigenvalue weighted by atomic mass is 32.2. The molecule has 4 rings (SSSR count). The lowest BCUT2D eigenvalue weighted by atomic mass is 9.97. The van der Waals surface area contributed by atoms with Crippen LogP contribution in [0.2, 0.25) is 0 Å². The average molecular weight is 567 g/mol. The van der Waals surface area contributed by atoms with Gasteiger partial charge in [0.1, 0.15) is 11.8 Å². The minimum atomic E-state index is -3.95. The molecule has 40 heavy (non-hydrogen) atoms. The monoisotopic (exact) mass is 566 g/mol. The Morgan fingerprint density at radius 3 is 2.27 bits per heavy atom. The number of carbonyl (C=O) groups is 2. The predicted octanol–water partition coefficient (Wildman–Crippen LogP) is 5.05. The lowest BCUT2D eigenvalue weighted by Gasteiger charge is -2.35. The lowest BCUT2D eigenvalue weighted by Crippen LogP contribution is -2.52. The van der Waals surface area contributed by atoms with Gasteiger partial charge in [-0.3, -0.25) is 14.3 Å². The molecule has 214 valence electrons. The van der Waals surface area contributed by atoms with Crippen LogP contribution in [0.1, 0.15) is 56.4 Å². The Morgan fingerprint density at radius 2 is 1.70 bits per heavy atom. The second-order valence-electron chi connectivity index (χ2n) is 10.8. The summed E-state index contributed by atoms with van der Waals surface area (Å²) < 4.78 is 34.3. The zero-order valence-electron chi connectivity index (χ0n) is 23.7. The van der Waals surface area contributed by atoms with Crippen molar-refractivity contribution < 1.29 is 22.5 Å². The first-order chi connectivity index (χ1) is 19.0. The molecular formula is C30H38N4O5S. The Labute approximate surface area is 236 Å². The zero-order valence-corrected chi connectivity index (χ0v) is 24.5. The van der Waals surface area contributed by atoms with Gasteiger partial charge in [-0.2, -0.15) is 0 Å². The zero-order chi connectivity index (χ0) is 29.0.